The first kappa shape index (κ1) is 17.7. The summed E-state index contributed by atoms with van der Waals surface area (Å²) in [6.45, 7) is 4.53. The molecule has 6 heteroatoms. The van der Waals surface area contributed by atoms with Gasteiger partial charge in [0.25, 0.3) is 5.91 Å². The van der Waals surface area contributed by atoms with Crippen molar-refractivity contribution in [2.24, 2.45) is 0 Å². The van der Waals surface area contributed by atoms with Crippen molar-refractivity contribution in [3.8, 4) is 17.0 Å². The molecule has 0 aliphatic carbocycles. The Morgan fingerprint density at radius 1 is 1.07 bits per heavy atom. The Hall–Kier alpha value is -3.67. The number of ether oxygens (including phenoxy) is 1. The summed E-state index contributed by atoms with van der Waals surface area (Å²) in [7, 11) is 0. The van der Waals surface area contributed by atoms with Crippen LogP contribution in [0.3, 0.4) is 0 Å². The monoisotopic (exact) mass is 372 g/mol. The molecule has 1 N–H and O–H groups in total. The van der Waals surface area contributed by atoms with Gasteiger partial charge in [0.15, 0.2) is 11.3 Å². The van der Waals surface area contributed by atoms with Crippen molar-refractivity contribution in [2.45, 2.75) is 13.8 Å². The van der Waals surface area contributed by atoms with Crippen LogP contribution in [0, 0.1) is 6.92 Å². The summed E-state index contributed by atoms with van der Waals surface area (Å²) in [5.74, 6) is 0.562. The minimum atomic E-state index is -0.265. The molecule has 0 saturated carbocycles. The summed E-state index contributed by atoms with van der Waals surface area (Å²) < 4.78 is 7.17. The maximum absolute atomic E-state index is 12.5. The number of nitrogens with zero attached hydrogens (tertiary/aromatic N) is 3. The van der Waals surface area contributed by atoms with Gasteiger partial charge in [0.05, 0.1) is 12.3 Å². The van der Waals surface area contributed by atoms with Gasteiger partial charge in [-0.05, 0) is 56.3 Å². The third kappa shape index (κ3) is 3.57. The van der Waals surface area contributed by atoms with E-state index in [-0.39, 0.29) is 5.91 Å². The van der Waals surface area contributed by atoms with E-state index >= 15 is 0 Å². The van der Waals surface area contributed by atoms with Crippen molar-refractivity contribution in [1.29, 1.82) is 0 Å². The highest BCUT2D eigenvalue weighted by molar-refractivity contribution is 6.03. The zero-order valence-electron chi connectivity index (χ0n) is 15.7. The number of aromatic nitrogens is 3. The second-order valence-corrected chi connectivity index (χ2v) is 6.36. The Balaban J connectivity index is 1.64. The summed E-state index contributed by atoms with van der Waals surface area (Å²) in [4.78, 5) is 17.2. The first-order valence-corrected chi connectivity index (χ1v) is 9.11. The summed E-state index contributed by atoms with van der Waals surface area (Å²) in [5.41, 5.74) is 4.37. The predicted octanol–water partition coefficient (Wildman–Crippen LogP) is 4.36. The van der Waals surface area contributed by atoms with E-state index in [2.05, 4.69) is 15.4 Å². The first-order chi connectivity index (χ1) is 13.6. The fraction of sp³-hybridized carbons (Fsp3) is 0.136. The van der Waals surface area contributed by atoms with Crippen molar-refractivity contribution in [2.75, 3.05) is 11.9 Å². The van der Waals surface area contributed by atoms with E-state index in [9.17, 15) is 4.79 Å². The molecule has 4 aromatic rings. The SMILES string of the molecule is CCOc1ccc(-c2cc(C)n3nc(C(=O)Nc4ccccc4)cc3n2)cc1. The quantitative estimate of drug-likeness (QED) is 0.565. The molecular formula is C22H20N4O2. The van der Waals surface area contributed by atoms with E-state index in [1.165, 1.54) is 0 Å². The van der Waals surface area contributed by atoms with Crippen LogP contribution in [0.4, 0.5) is 5.69 Å². The minimum absolute atomic E-state index is 0.265. The average Bonchev–Trinajstić information content (AvgIpc) is 3.15. The Morgan fingerprint density at radius 3 is 2.54 bits per heavy atom. The van der Waals surface area contributed by atoms with Gasteiger partial charge in [0.1, 0.15) is 5.75 Å². The van der Waals surface area contributed by atoms with Gasteiger partial charge >= 0.3 is 0 Å². The first-order valence-electron chi connectivity index (χ1n) is 9.11. The zero-order valence-corrected chi connectivity index (χ0v) is 15.7. The molecule has 0 saturated heterocycles. The zero-order chi connectivity index (χ0) is 19.5. The van der Waals surface area contributed by atoms with Gasteiger partial charge in [-0.15, -0.1) is 0 Å². The summed E-state index contributed by atoms with van der Waals surface area (Å²) >= 11 is 0. The van der Waals surface area contributed by atoms with Gasteiger partial charge < -0.3 is 10.1 Å². The number of nitrogens with one attached hydrogen (secondary N) is 1. The highest BCUT2D eigenvalue weighted by Gasteiger charge is 2.14. The molecule has 28 heavy (non-hydrogen) atoms. The molecule has 0 atom stereocenters. The van der Waals surface area contributed by atoms with Crippen molar-refractivity contribution < 1.29 is 9.53 Å². The minimum Gasteiger partial charge on any atom is -0.494 e. The van der Waals surface area contributed by atoms with Crippen LogP contribution in [0.5, 0.6) is 5.75 Å². The fourth-order valence-corrected chi connectivity index (χ4v) is 2.99. The third-order valence-corrected chi connectivity index (χ3v) is 4.33. The summed E-state index contributed by atoms with van der Waals surface area (Å²) in [5, 5.41) is 7.25. The Bertz CT molecular complexity index is 1120. The highest BCUT2D eigenvalue weighted by atomic mass is 16.5. The van der Waals surface area contributed by atoms with E-state index in [0.29, 0.717) is 17.9 Å². The standard InChI is InChI=1S/C22H20N4O2/c1-3-28-18-11-9-16(10-12-18)19-13-15(2)26-21(24-19)14-20(25-26)22(27)23-17-7-5-4-6-8-17/h4-14H,3H2,1-2H3,(H,23,27). The molecule has 0 aliphatic heterocycles. The highest BCUT2D eigenvalue weighted by Crippen LogP contribution is 2.23. The van der Waals surface area contributed by atoms with Gasteiger partial charge in [-0.1, -0.05) is 18.2 Å². The fourth-order valence-electron chi connectivity index (χ4n) is 2.99. The number of hydrogen-bond acceptors (Lipinski definition) is 4. The van der Waals surface area contributed by atoms with Gasteiger partial charge in [-0.2, -0.15) is 5.10 Å². The van der Waals surface area contributed by atoms with Gasteiger partial charge in [0, 0.05) is 23.0 Å². The molecular weight excluding hydrogens is 352 g/mol. The lowest BCUT2D eigenvalue weighted by atomic mass is 10.1. The molecule has 140 valence electrons. The van der Waals surface area contributed by atoms with Crippen LogP contribution in [0.15, 0.2) is 66.7 Å². The molecule has 0 radical (unpaired) electrons. The molecule has 2 aromatic heterocycles. The number of fused-ring (bicyclic) bond motifs is 1. The van der Waals surface area contributed by atoms with Crippen LogP contribution < -0.4 is 10.1 Å². The largest absolute Gasteiger partial charge is 0.494 e. The lowest BCUT2D eigenvalue weighted by Crippen LogP contribution is -2.12. The number of para-hydroxylation sites is 1. The molecule has 6 nitrogen and oxygen atoms in total. The summed E-state index contributed by atoms with van der Waals surface area (Å²) in [6.07, 6.45) is 0. The number of aryl methyl sites for hydroxylation is 1. The van der Waals surface area contributed by atoms with Crippen LogP contribution in [0.2, 0.25) is 0 Å². The number of hydrogen-bond donors (Lipinski definition) is 1. The van der Waals surface area contributed by atoms with Crippen LogP contribution in [-0.2, 0) is 0 Å². The number of carbonyl (C=O) groups excluding carboxylic acids is 1. The molecule has 0 spiro atoms. The third-order valence-electron chi connectivity index (χ3n) is 4.33. The van der Waals surface area contributed by atoms with Crippen LogP contribution in [-0.4, -0.2) is 27.1 Å². The topological polar surface area (TPSA) is 68.5 Å². The van der Waals surface area contributed by atoms with E-state index in [4.69, 9.17) is 4.74 Å². The van der Waals surface area contributed by atoms with Crippen molar-refractivity contribution in [1.82, 2.24) is 14.6 Å². The lowest BCUT2D eigenvalue weighted by Gasteiger charge is -2.06. The molecule has 1 amide bonds. The number of carbonyl (C=O) groups is 1. The maximum Gasteiger partial charge on any atom is 0.276 e. The number of benzene rings is 2. The predicted molar refractivity (Wildman–Crippen MR) is 109 cm³/mol. The smallest absolute Gasteiger partial charge is 0.276 e. The van der Waals surface area contributed by atoms with Crippen LogP contribution in [0.1, 0.15) is 23.1 Å². The van der Waals surface area contributed by atoms with Crippen molar-refractivity contribution in [3.63, 3.8) is 0 Å². The van der Waals surface area contributed by atoms with Crippen LogP contribution in [0.25, 0.3) is 16.9 Å². The molecule has 4 rings (SSSR count). The number of rotatable bonds is 5. The average molecular weight is 372 g/mol. The maximum atomic E-state index is 12.5. The molecule has 0 fully saturated rings. The van der Waals surface area contributed by atoms with Gasteiger partial charge in [-0.25, -0.2) is 9.50 Å². The number of anilines is 1. The lowest BCUT2D eigenvalue weighted by molar-refractivity contribution is 0.102. The van der Waals surface area contributed by atoms with E-state index in [1.807, 2.05) is 74.5 Å². The molecule has 0 bridgehead atoms. The molecule has 2 heterocycles. The molecule has 2 aromatic carbocycles. The van der Waals surface area contributed by atoms with E-state index < -0.39 is 0 Å². The second kappa shape index (κ2) is 7.52. The normalized spacial score (nSPS) is 10.8. The summed E-state index contributed by atoms with van der Waals surface area (Å²) in [6, 6.07) is 20.8. The van der Waals surface area contributed by atoms with Gasteiger partial charge in [0.2, 0.25) is 0 Å². The van der Waals surface area contributed by atoms with Crippen molar-refractivity contribution >= 4 is 17.2 Å². The van der Waals surface area contributed by atoms with Gasteiger partial charge in [-0.3, -0.25) is 4.79 Å². The number of amides is 1. The van der Waals surface area contributed by atoms with Crippen molar-refractivity contribution in [3.05, 3.63) is 78.1 Å². The Morgan fingerprint density at radius 2 is 1.82 bits per heavy atom. The second-order valence-electron chi connectivity index (χ2n) is 6.36. The molecule has 0 aliphatic rings. The Labute approximate surface area is 162 Å². The van der Waals surface area contributed by atoms with Crippen LogP contribution >= 0.6 is 0 Å². The molecule has 0 unspecified atom stereocenters. The van der Waals surface area contributed by atoms with E-state index in [0.717, 1.165) is 28.4 Å². The Kier molecular flexibility index (Phi) is 4.76. The van der Waals surface area contributed by atoms with E-state index in [1.54, 1.807) is 10.6 Å².